The summed E-state index contributed by atoms with van der Waals surface area (Å²) in [6, 6.07) is 8.44. The van der Waals surface area contributed by atoms with Crippen LogP contribution in [0.5, 0.6) is 5.75 Å². The highest BCUT2D eigenvalue weighted by Crippen LogP contribution is 2.23. The van der Waals surface area contributed by atoms with Gasteiger partial charge >= 0.3 is 0 Å². The van der Waals surface area contributed by atoms with Crippen molar-refractivity contribution in [2.45, 2.75) is 32.7 Å². The lowest BCUT2D eigenvalue weighted by molar-refractivity contribution is 0.317. The molecule has 2 aromatic rings. The second kappa shape index (κ2) is 7.14. The van der Waals surface area contributed by atoms with Crippen molar-refractivity contribution in [1.82, 2.24) is 4.98 Å². The van der Waals surface area contributed by atoms with E-state index in [9.17, 15) is 0 Å². The molecule has 1 unspecified atom stereocenters. The molecular formula is C15H20N2OS. The molecule has 0 fully saturated rings. The van der Waals surface area contributed by atoms with E-state index in [1.807, 2.05) is 12.1 Å². The van der Waals surface area contributed by atoms with E-state index in [2.05, 4.69) is 41.7 Å². The minimum Gasteiger partial charge on any atom is -0.490 e. The third kappa shape index (κ3) is 4.24. The predicted molar refractivity (Wildman–Crippen MR) is 81.1 cm³/mol. The number of pyridine rings is 1. The summed E-state index contributed by atoms with van der Waals surface area (Å²) in [5.74, 6) is 1.67. The van der Waals surface area contributed by atoms with Crippen LogP contribution in [0.25, 0.3) is 0 Å². The monoisotopic (exact) mass is 276 g/mol. The lowest BCUT2D eigenvalue weighted by Gasteiger charge is -2.16. The van der Waals surface area contributed by atoms with Gasteiger partial charge in [0.2, 0.25) is 0 Å². The highest BCUT2D eigenvalue weighted by atomic mass is 32.1. The maximum Gasteiger partial charge on any atom is 0.168 e. The Morgan fingerprint density at radius 1 is 1.37 bits per heavy atom. The van der Waals surface area contributed by atoms with Crippen LogP contribution in [0.4, 0.5) is 5.82 Å². The maximum absolute atomic E-state index is 5.70. The number of aromatic nitrogens is 1. The average Bonchev–Trinajstić information content (AvgIpc) is 2.90. The van der Waals surface area contributed by atoms with Crippen molar-refractivity contribution in [2.75, 3.05) is 11.9 Å². The standard InChI is InChI=1S/C15H20N2OS/c1-3-9-18-14-7-4-8-16-15(14)17-12(2)11-13-6-5-10-19-13/h4-8,10,12H,3,9,11H2,1-2H3,(H,16,17). The quantitative estimate of drug-likeness (QED) is 0.830. The van der Waals surface area contributed by atoms with Gasteiger partial charge in [-0.25, -0.2) is 4.98 Å². The molecule has 0 bridgehead atoms. The molecule has 0 saturated heterocycles. The number of thiophene rings is 1. The molecule has 2 rings (SSSR count). The van der Waals surface area contributed by atoms with E-state index in [1.165, 1.54) is 4.88 Å². The van der Waals surface area contributed by atoms with Gasteiger partial charge in [-0.1, -0.05) is 13.0 Å². The van der Waals surface area contributed by atoms with E-state index < -0.39 is 0 Å². The number of rotatable bonds is 7. The van der Waals surface area contributed by atoms with Gasteiger partial charge in [0.25, 0.3) is 0 Å². The number of nitrogens with zero attached hydrogens (tertiary/aromatic N) is 1. The highest BCUT2D eigenvalue weighted by molar-refractivity contribution is 7.09. The molecule has 0 aliphatic rings. The number of ether oxygens (including phenoxy) is 1. The van der Waals surface area contributed by atoms with Crippen LogP contribution in [0.3, 0.4) is 0 Å². The van der Waals surface area contributed by atoms with Gasteiger partial charge in [-0.15, -0.1) is 11.3 Å². The first-order chi connectivity index (χ1) is 9.29. The van der Waals surface area contributed by atoms with Crippen molar-refractivity contribution in [3.8, 4) is 5.75 Å². The summed E-state index contributed by atoms with van der Waals surface area (Å²) >= 11 is 1.79. The summed E-state index contributed by atoms with van der Waals surface area (Å²) in [4.78, 5) is 5.75. The van der Waals surface area contributed by atoms with Crippen LogP contribution in [0.1, 0.15) is 25.1 Å². The van der Waals surface area contributed by atoms with Crippen molar-refractivity contribution in [3.05, 3.63) is 40.7 Å². The Morgan fingerprint density at radius 2 is 2.26 bits per heavy atom. The largest absolute Gasteiger partial charge is 0.490 e. The third-order valence-corrected chi connectivity index (χ3v) is 3.60. The molecule has 0 radical (unpaired) electrons. The summed E-state index contributed by atoms with van der Waals surface area (Å²) in [5.41, 5.74) is 0. The fourth-order valence-corrected chi connectivity index (χ4v) is 2.68. The van der Waals surface area contributed by atoms with E-state index in [-0.39, 0.29) is 0 Å². The summed E-state index contributed by atoms with van der Waals surface area (Å²) in [6.07, 6.45) is 3.79. The van der Waals surface area contributed by atoms with Gasteiger partial charge in [-0.2, -0.15) is 0 Å². The Labute approximate surface area is 118 Å². The Morgan fingerprint density at radius 3 is 3.00 bits per heavy atom. The second-order valence-electron chi connectivity index (χ2n) is 4.53. The number of nitrogens with one attached hydrogen (secondary N) is 1. The number of hydrogen-bond acceptors (Lipinski definition) is 4. The fourth-order valence-electron chi connectivity index (χ4n) is 1.84. The van der Waals surface area contributed by atoms with Crippen molar-refractivity contribution in [3.63, 3.8) is 0 Å². The Kier molecular flexibility index (Phi) is 5.21. The van der Waals surface area contributed by atoms with Gasteiger partial charge in [-0.3, -0.25) is 0 Å². The Hall–Kier alpha value is -1.55. The molecule has 1 N–H and O–H groups in total. The van der Waals surface area contributed by atoms with Crippen molar-refractivity contribution < 1.29 is 4.74 Å². The first-order valence-corrected chi connectivity index (χ1v) is 7.54. The van der Waals surface area contributed by atoms with Crippen molar-refractivity contribution in [1.29, 1.82) is 0 Å². The van der Waals surface area contributed by atoms with Crippen molar-refractivity contribution in [2.24, 2.45) is 0 Å². The summed E-state index contributed by atoms with van der Waals surface area (Å²) in [7, 11) is 0. The third-order valence-electron chi connectivity index (χ3n) is 2.70. The predicted octanol–water partition coefficient (Wildman–Crippen LogP) is 3.98. The molecule has 3 nitrogen and oxygen atoms in total. The van der Waals surface area contributed by atoms with Gasteiger partial charge in [0, 0.05) is 23.5 Å². The molecule has 4 heteroatoms. The van der Waals surface area contributed by atoms with Crippen LogP contribution in [-0.4, -0.2) is 17.6 Å². The van der Waals surface area contributed by atoms with Crippen LogP contribution in [0.2, 0.25) is 0 Å². The smallest absolute Gasteiger partial charge is 0.168 e. The van der Waals surface area contributed by atoms with Crippen LogP contribution in [-0.2, 0) is 6.42 Å². The Bertz CT molecular complexity index is 485. The molecule has 1 atom stereocenters. The maximum atomic E-state index is 5.70. The first kappa shape index (κ1) is 13.9. The van der Waals surface area contributed by atoms with Gasteiger partial charge in [0.1, 0.15) is 0 Å². The molecule has 0 amide bonds. The summed E-state index contributed by atoms with van der Waals surface area (Å²) in [6.45, 7) is 4.99. The topological polar surface area (TPSA) is 34.1 Å². The lowest BCUT2D eigenvalue weighted by Crippen LogP contribution is -2.19. The van der Waals surface area contributed by atoms with Crippen LogP contribution < -0.4 is 10.1 Å². The van der Waals surface area contributed by atoms with Crippen molar-refractivity contribution >= 4 is 17.2 Å². The zero-order chi connectivity index (χ0) is 13.5. The molecule has 0 aliphatic heterocycles. The minimum absolute atomic E-state index is 0.331. The molecule has 0 saturated carbocycles. The SMILES string of the molecule is CCCOc1cccnc1NC(C)Cc1cccs1. The van der Waals surface area contributed by atoms with Crippen LogP contribution in [0.15, 0.2) is 35.8 Å². The molecule has 19 heavy (non-hydrogen) atoms. The van der Waals surface area contributed by atoms with E-state index in [0.29, 0.717) is 6.04 Å². The molecule has 0 aromatic carbocycles. The van der Waals surface area contributed by atoms with E-state index >= 15 is 0 Å². The molecule has 2 heterocycles. The first-order valence-electron chi connectivity index (χ1n) is 6.66. The zero-order valence-electron chi connectivity index (χ0n) is 11.4. The highest BCUT2D eigenvalue weighted by Gasteiger charge is 2.09. The normalized spacial score (nSPS) is 12.1. The lowest BCUT2D eigenvalue weighted by atomic mass is 10.2. The molecule has 0 spiro atoms. The fraction of sp³-hybridized carbons (Fsp3) is 0.400. The minimum atomic E-state index is 0.331. The molecule has 102 valence electrons. The number of hydrogen-bond donors (Lipinski definition) is 1. The van der Waals surface area contributed by atoms with E-state index in [4.69, 9.17) is 4.74 Å². The van der Waals surface area contributed by atoms with Crippen LogP contribution in [0, 0.1) is 0 Å². The Balaban J connectivity index is 1.97. The summed E-state index contributed by atoms with van der Waals surface area (Å²) < 4.78 is 5.70. The number of anilines is 1. The summed E-state index contributed by atoms with van der Waals surface area (Å²) in [5, 5.41) is 5.54. The molecule has 0 aliphatic carbocycles. The van der Waals surface area contributed by atoms with Gasteiger partial charge < -0.3 is 10.1 Å². The molecule has 2 aromatic heterocycles. The van der Waals surface area contributed by atoms with Gasteiger partial charge in [0.15, 0.2) is 11.6 Å². The van der Waals surface area contributed by atoms with E-state index in [1.54, 1.807) is 17.5 Å². The van der Waals surface area contributed by atoms with E-state index in [0.717, 1.165) is 31.0 Å². The van der Waals surface area contributed by atoms with Crippen LogP contribution >= 0.6 is 11.3 Å². The zero-order valence-corrected chi connectivity index (χ0v) is 12.2. The average molecular weight is 276 g/mol. The van der Waals surface area contributed by atoms with Gasteiger partial charge in [-0.05, 0) is 36.9 Å². The molecular weight excluding hydrogens is 256 g/mol. The van der Waals surface area contributed by atoms with Gasteiger partial charge in [0.05, 0.1) is 6.61 Å². The second-order valence-corrected chi connectivity index (χ2v) is 5.56.